The fourth-order valence-corrected chi connectivity index (χ4v) is 3.36. The molecule has 0 spiro atoms. The van der Waals surface area contributed by atoms with Crippen molar-refractivity contribution in [2.75, 3.05) is 12.4 Å². The molecule has 0 bridgehead atoms. The zero-order chi connectivity index (χ0) is 20.0. The molecule has 1 fully saturated rings. The third-order valence-corrected chi connectivity index (χ3v) is 4.78. The molecule has 0 saturated carbocycles. The second-order valence-electron chi connectivity index (χ2n) is 7.00. The molecule has 4 N–H and O–H groups in total. The summed E-state index contributed by atoms with van der Waals surface area (Å²) in [7, 11) is 0. The average Bonchev–Trinajstić information content (AvgIpc) is 2.60. The van der Waals surface area contributed by atoms with Crippen LogP contribution >= 0.6 is 11.8 Å². The Kier molecular flexibility index (Phi) is 7.09. The van der Waals surface area contributed by atoms with E-state index in [1.54, 1.807) is 51.1 Å². The Morgan fingerprint density at radius 1 is 1.30 bits per heavy atom. The van der Waals surface area contributed by atoms with E-state index in [2.05, 4.69) is 16.0 Å². The van der Waals surface area contributed by atoms with Crippen molar-refractivity contribution in [2.24, 2.45) is 0 Å². The van der Waals surface area contributed by atoms with Crippen LogP contribution in [0.5, 0.6) is 0 Å². The number of benzene rings is 1. The first-order valence-electron chi connectivity index (χ1n) is 8.59. The van der Waals surface area contributed by atoms with Crippen LogP contribution in [0.2, 0.25) is 0 Å². The topological polar surface area (TPSA) is 117 Å². The van der Waals surface area contributed by atoms with E-state index in [4.69, 9.17) is 9.84 Å². The van der Waals surface area contributed by atoms with Crippen molar-refractivity contribution < 1.29 is 24.2 Å². The number of thioether (sulfide) groups is 1. The molecule has 2 rings (SSSR count). The Bertz CT molecular complexity index is 677. The largest absolute Gasteiger partial charge is 0.444 e. The first-order chi connectivity index (χ1) is 12.7. The highest BCUT2D eigenvalue weighted by atomic mass is 32.2. The van der Waals surface area contributed by atoms with Crippen LogP contribution in [0.1, 0.15) is 32.4 Å². The highest BCUT2D eigenvalue weighted by Gasteiger charge is 2.41. The maximum Gasteiger partial charge on any atom is 0.408 e. The van der Waals surface area contributed by atoms with E-state index in [-0.39, 0.29) is 17.9 Å². The molecule has 0 radical (unpaired) electrons. The van der Waals surface area contributed by atoms with Crippen molar-refractivity contribution in [3.05, 3.63) is 35.9 Å². The van der Waals surface area contributed by atoms with Gasteiger partial charge in [0.15, 0.2) is 0 Å². The van der Waals surface area contributed by atoms with Gasteiger partial charge in [-0.05, 0) is 26.3 Å². The monoisotopic (exact) mass is 395 g/mol. The quantitative estimate of drug-likeness (QED) is 0.510. The molecule has 8 nitrogen and oxygen atoms in total. The lowest BCUT2D eigenvalue weighted by Crippen LogP contribution is -2.68. The standard InChI is InChI=1S/C18H25N3O5S/c1-18(2,3)26-17(25)20-12(11-7-5-4-6-8-11)14(23)19-13-15(24)21-16(13)27-10-9-22/h4-8,12-13,16,22H,9-10H2,1-3H3,(H,19,23)(H,20,25)(H,21,24)/t12-,13+,16-/m0/s1. The van der Waals surface area contributed by atoms with Crippen LogP contribution < -0.4 is 16.0 Å². The number of aliphatic hydroxyl groups excluding tert-OH is 1. The van der Waals surface area contributed by atoms with E-state index in [1.807, 2.05) is 0 Å². The third-order valence-electron chi connectivity index (χ3n) is 3.61. The number of rotatable bonds is 7. The number of carbonyl (C=O) groups is 3. The highest BCUT2D eigenvalue weighted by molar-refractivity contribution is 8.00. The predicted molar refractivity (Wildman–Crippen MR) is 102 cm³/mol. The van der Waals surface area contributed by atoms with Crippen molar-refractivity contribution in [1.29, 1.82) is 0 Å². The summed E-state index contributed by atoms with van der Waals surface area (Å²) >= 11 is 1.34. The molecule has 1 aromatic carbocycles. The van der Waals surface area contributed by atoms with Crippen LogP contribution in [-0.2, 0) is 14.3 Å². The van der Waals surface area contributed by atoms with Gasteiger partial charge in [-0.3, -0.25) is 9.59 Å². The molecular formula is C18H25N3O5S. The molecule has 1 heterocycles. The summed E-state index contributed by atoms with van der Waals surface area (Å²) in [6.45, 7) is 5.16. The highest BCUT2D eigenvalue weighted by Crippen LogP contribution is 2.21. The lowest BCUT2D eigenvalue weighted by molar-refractivity contribution is -0.135. The van der Waals surface area contributed by atoms with E-state index >= 15 is 0 Å². The number of hydrogen-bond donors (Lipinski definition) is 4. The summed E-state index contributed by atoms with van der Waals surface area (Å²) in [6.07, 6.45) is -0.726. The van der Waals surface area contributed by atoms with Crippen LogP contribution in [0.25, 0.3) is 0 Å². The van der Waals surface area contributed by atoms with Crippen LogP contribution in [0.15, 0.2) is 30.3 Å². The van der Waals surface area contributed by atoms with Gasteiger partial charge < -0.3 is 25.8 Å². The van der Waals surface area contributed by atoms with E-state index < -0.39 is 29.7 Å². The zero-order valence-electron chi connectivity index (χ0n) is 15.5. The number of nitrogens with one attached hydrogen (secondary N) is 3. The number of hydrogen-bond acceptors (Lipinski definition) is 6. The van der Waals surface area contributed by atoms with Crippen molar-refractivity contribution >= 4 is 29.7 Å². The Morgan fingerprint density at radius 2 is 1.96 bits per heavy atom. The Hall–Kier alpha value is -2.26. The number of amides is 3. The normalized spacial score (nSPS) is 20.1. The smallest absolute Gasteiger partial charge is 0.408 e. The van der Waals surface area contributed by atoms with Crippen LogP contribution in [0, 0.1) is 0 Å². The van der Waals surface area contributed by atoms with E-state index in [0.717, 1.165) is 0 Å². The van der Waals surface area contributed by atoms with E-state index in [1.165, 1.54) is 11.8 Å². The summed E-state index contributed by atoms with van der Waals surface area (Å²) in [5, 5.41) is 16.5. The molecule has 1 aromatic rings. The molecule has 27 heavy (non-hydrogen) atoms. The maximum atomic E-state index is 12.8. The Balaban J connectivity index is 2.09. The molecule has 1 aliphatic heterocycles. The molecule has 1 saturated heterocycles. The molecule has 3 atom stereocenters. The fourth-order valence-electron chi connectivity index (χ4n) is 2.42. The summed E-state index contributed by atoms with van der Waals surface area (Å²) in [5.74, 6) is -0.375. The summed E-state index contributed by atoms with van der Waals surface area (Å²) in [4.78, 5) is 36.7. The van der Waals surface area contributed by atoms with Gasteiger partial charge in [0.2, 0.25) is 11.8 Å². The number of carbonyl (C=O) groups excluding carboxylic acids is 3. The van der Waals surface area contributed by atoms with E-state index in [9.17, 15) is 14.4 Å². The van der Waals surface area contributed by atoms with Gasteiger partial charge in [0.25, 0.3) is 0 Å². The van der Waals surface area contributed by atoms with Gasteiger partial charge in [0, 0.05) is 5.75 Å². The average molecular weight is 395 g/mol. The van der Waals surface area contributed by atoms with Crippen LogP contribution in [0.3, 0.4) is 0 Å². The number of aliphatic hydroxyl groups is 1. The SMILES string of the molecule is CC(C)(C)OC(=O)N[C@H](C(=O)N[C@@H]1C(=O)N[C@H]1SCCO)c1ccccc1. The Labute approximate surface area is 162 Å². The second-order valence-corrected chi connectivity index (χ2v) is 8.25. The lowest BCUT2D eigenvalue weighted by atomic mass is 10.0. The van der Waals surface area contributed by atoms with Crippen LogP contribution in [0.4, 0.5) is 4.79 Å². The predicted octanol–water partition coefficient (Wildman–Crippen LogP) is 0.919. The second kappa shape index (κ2) is 9.09. The van der Waals surface area contributed by atoms with Crippen LogP contribution in [-0.4, -0.2) is 52.4 Å². The van der Waals surface area contributed by atoms with Gasteiger partial charge >= 0.3 is 6.09 Å². The maximum absolute atomic E-state index is 12.8. The zero-order valence-corrected chi connectivity index (χ0v) is 16.3. The Morgan fingerprint density at radius 3 is 2.52 bits per heavy atom. The van der Waals surface area contributed by atoms with Gasteiger partial charge in [-0.25, -0.2) is 4.79 Å². The van der Waals surface area contributed by atoms with Crippen molar-refractivity contribution in [3.63, 3.8) is 0 Å². The molecule has 0 aliphatic carbocycles. The van der Waals surface area contributed by atoms with Crippen molar-refractivity contribution in [2.45, 2.75) is 43.8 Å². The first-order valence-corrected chi connectivity index (χ1v) is 9.64. The molecule has 0 aromatic heterocycles. The number of ether oxygens (including phenoxy) is 1. The van der Waals surface area contributed by atoms with Crippen molar-refractivity contribution in [1.82, 2.24) is 16.0 Å². The number of alkyl carbamates (subject to hydrolysis) is 1. The van der Waals surface area contributed by atoms with E-state index in [0.29, 0.717) is 11.3 Å². The molecule has 3 amide bonds. The molecular weight excluding hydrogens is 370 g/mol. The summed E-state index contributed by atoms with van der Waals surface area (Å²) in [6, 6.07) is 7.00. The molecule has 9 heteroatoms. The van der Waals surface area contributed by atoms with Gasteiger partial charge in [0.1, 0.15) is 23.1 Å². The molecule has 0 unspecified atom stereocenters. The third kappa shape index (κ3) is 6.14. The molecule has 1 aliphatic rings. The minimum atomic E-state index is -1.00. The molecule has 148 valence electrons. The minimum Gasteiger partial charge on any atom is -0.444 e. The fraction of sp³-hybridized carbons (Fsp3) is 0.500. The van der Waals surface area contributed by atoms with Gasteiger partial charge in [-0.2, -0.15) is 0 Å². The number of β-lactam (4-membered cyclic amide) rings is 1. The van der Waals surface area contributed by atoms with Gasteiger partial charge in [0.05, 0.1) is 6.61 Å². The summed E-state index contributed by atoms with van der Waals surface area (Å²) < 4.78 is 5.24. The lowest BCUT2D eigenvalue weighted by Gasteiger charge is -2.37. The first kappa shape index (κ1) is 21.0. The minimum absolute atomic E-state index is 0.0233. The van der Waals surface area contributed by atoms with Gasteiger partial charge in [-0.15, -0.1) is 11.8 Å². The van der Waals surface area contributed by atoms with Crippen molar-refractivity contribution in [3.8, 4) is 0 Å². The summed E-state index contributed by atoms with van der Waals surface area (Å²) in [5.41, 5.74) is -0.137. The van der Waals surface area contributed by atoms with Gasteiger partial charge in [-0.1, -0.05) is 30.3 Å².